The molecule has 0 aromatic carbocycles. The van der Waals surface area contributed by atoms with Crippen molar-refractivity contribution >= 4 is 35.8 Å². The molecule has 0 spiro atoms. The van der Waals surface area contributed by atoms with Crippen molar-refractivity contribution in [1.29, 1.82) is 0 Å². The Bertz CT molecular complexity index is 532. The van der Waals surface area contributed by atoms with Crippen LogP contribution in [0.2, 0.25) is 0 Å². The molecule has 6 heteroatoms. The molecule has 1 fully saturated rings. The summed E-state index contributed by atoms with van der Waals surface area (Å²) in [5, 5.41) is 6.86. The Morgan fingerprint density at radius 2 is 2.12 bits per heavy atom. The third-order valence-electron chi connectivity index (χ3n) is 4.85. The van der Waals surface area contributed by atoms with Gasteiger partial charge in [0.15, 0.2) is 5.96 Å². The van der Waals surface area contributed by atoms with Crippen molar-refractivity contribution < 1.29 is 0 Å². The second kappa shape index (κ2) is 11.5. The molecule has 0 bridgehead atoms. The van der Waals surface area contributed by atoms with E-state index in [9.17, 15) is 0 Å². The molecule has 2 rings (SSSR count). The molecule has 2 atom stereocenters. The molecule has 1 saturated carbocycles. The minimum absolute atomic E-state index is 0. The van der Waals surface area contributed by atoms with E-state index in [0.29, 0.717) is 0 Å². The third kappa shape index (κ3) is 7.38. The topological polar surface area (TPSA) is 52.6 Å². The normalized spacial score (nSPS) is 20.6. The lowest BCUT2D eigenvalue weighted by Crippen LogP contribution is -2.38. The minimum atomic E-state index is 0. The number of nitrogens with zero attached hydrogens (tertiary/aromatic N) is 3. The van der Waals surface area contributed by atoms with E-state index < -0.39 is 0 Å². The molecule has 0 aliphatic heterocycles. The Morgan fingerprint density at radius 1 is 1.32 bits per heavy atom. The number of halogens is 1. The van der Waals surface area contributed by atoms with Crippen LogP contribution < -0.4 is 15.5 Å². The van der Waals surface area contributed by atoms with E-state index in [1.165, 1.54) is 37.7 Å². The average Bonchev–Trinajstić information content (AvgIpc) is 2.58. The number of aliphatic imine (C=N–C) groups is 1. The molecule has 2 N–H and O–H groups in total. The summed E-state index contributed by atoms with van der Waals surface area (Å²) in [6.07, 6.45) is 8.65. The maximum absolute atomic E-state index is 4.44. The van der Waals surface area contributed by atoms with E-state index in [1.54, 1.807) is 0 Å². The van der Waals surface area contributed by atoms with Gasteiger partial charge in [0.1, 0.15) is 5.82 Å². The van der Waals surface area contributed by atoms with Gasteiger partial charge < -0.3 is 15.5 Å². The molecular weight excluding hydrogens is 425 g/mol. The zero-order valence-corrected chi connectivity index (χ0v) is 18.4. The van der Waals surface area contributed by atoms with Gasteiger partial charge in [-0.3, -0.25) is 4.99 Å². The third-order valence-corrected chi connectivity index (χ3v) is 4.85. The first-order chi connectivity index (χ1) is 11.6. The van der Waals surface area contributed by atoms with Crippen LogP contribution in [0.15, 0.2) is 23.3 Å². The predicted octanol–water partition coefficient (Wildman–Crippen LogP) is 3.65. The summed E-state index contributed by atoms with van der Waals surface area (Å²) in [5.74, 6) is 3.64. The number of aromatic nitrogens is 1. The highest BCUT2D eigenvalue weighted by atomic mass is 127. The fourth-order valence-corrected chi connectivity index (χ4v) is 3.59. The molecule has 1 aromatic rings. The molecule has 1 aliphatic carbocycles. The Labute approximate surface area is 170 Å². The molecule has 0 saturated heterocycles. The van der Waals surface area contributed by atoms with Gasteiger partial charge in [-0.1, -0.05) is 32.3 Å². The summed E-state index contributed by atoms with van der Waals surface area (Å²) in [6, 6.07) is 4.08. The Morgan fingerprint density at radius 3 is 2.80 bits per heavy atom. The first-order valence-electron chi connectivity index (χ1n) is 9.16. The molecule has 25 heavy (non-hydrogen) atoms. The van der Waals surface area contributed by atoms with E-state index in [4.69, 9.17) is 0 Å². The molecule has 0 amide bonds. The van der Waals surface area contributed by atoms with Crippen LogP contribution in [-0.4, -0.2) is 38.6 Å². The summed E-state index contributed by atoms with van der Waals surface area (Å²) in [4.78, 5) is 10.8. The van der Waals surface area contributed by atoms with Crippen LogP contribution >= 0.6 is 24.0 Å². The minimum Gasteiger partial charge on any atom is -0.362 e. The van der Waals surface area contributed by atoms with Crippen LogP contribution in [0, 0.1) is 11.8 Å². The van der Waals surface area contributed by atoms with E-state index in [2.05, 4.69) is 33.6 Å². The second-order valence-electron chi connectivity index (χ2n) is 7.16. The Balaban J connectivity index is 0.00000312. The Kier molecular flexibility index (Phi) is 10.2. The number of anilines is 1. The van der Waals surface area contributed by atoms with Crippen molar-refractivity contribution in [2.45, 2.75) is 45.6 Å². The summed E-state index contributed by atoms with van der Waals surface area (Å²) >= 11 is 0. The molecule has 1 aliphatic rings. The largest absolute Gasteiger partial charge is 0.362 e. The molecule has 1 aromatic heterocycles. The highest BCUT2D eigenvalue weighted by Crippen LogP contribution is 2.30. The number of nitrogens with one attached hydrogen (secondary N) is 2. The average molecular weight is 459 g/mol. The van der Waals surface area contributed by atoms with Gasteiger partial charge in [-0.15, -0.1) is 24.0 Å². The van der Waals surface area contributed by atoms with Gasteiger partial charge in [0.25, 0.3) is 0 Å². The molecule has 0 radical (unpaired) electrons. The van der Waals surface area contributed by atoms with Crippen LogP contribution in [0.5, 0.6) is 0 Å². The van der Waals surface area contributed by atoms with Gasteiger partial charge in [0, 0.05) is 46.0 Å². The quantitative estimate of drug-likeness (QED) is 0.388. The maximum Gasteiger partial charge on any atom is 0.191 e. The number of rotatable bonds is 6. The van der Waals surface area contributed by atoms with Gasteiger partial charge in [-0.05, 0) is 30.7 Å². The van der Waals surface area contributed by atoms with Gasteiger partial charge >= 0.3 is 0 Å². The van der Waals surface area contributed by atoms with Crippen molar-refractivity contribution in [2.24, 2.45) is 16.8 Å². The summed E-state index contributed by atoms with van der Waals surface area (Å²) in [7, 11) is 5.86. The molecule has 142 valence electrons. The van der Waals surface area contributed by atoms with E-state index in [0.717, 1.165) is 36.7 Å². The maximum atomic E-state index is 4.44. The number of pyridine rings is 1. The zero-order valence-electron chi connectivity index (χ0n) is 16.1. The molecule has 2 unspecified atom stereocenters. The zero-order chi connectivity index (χ0) is 17.4. The lowest BCUT2D eigenvalue weighted by Gasteiger charge is -2.27. The van der Waals surface area contributed by atoms with Crippen LogP contribution in [0.1, 0.15) is 44.6 Å². The highest BCUT2D eigenvalue weighted by molar-refractivity contribution is 14.0. The molecule has 1 heterocycles. The Hall–Kier alpha value is -1.05. The van der Waals surface area contributed by atoms with Crippen molar-refractivity contribution in [3.05, 3.63) is 23.9 Å². The van der Waals surface area contributed by atoms with Crippen LogP contribution in [0.4, 0.5) is 5.82 Å². The number of guanidine groups is 1. The van der Waals surface area contributed by atoms with Gasteiger partial charge in [0.2, 0.25) is 0 Å². The van der Waals surface area contributed by atoms with Gasteiger partial charge in [-0.2, -0.15) is 0 Å². The van der Waals surface area contributed by atoms with E-state index >= 15 is 0 Å². The first-order valence-corrected chi connectivity index (χ1v) is 9.16. The van der Waals surface area contributed by atoms with Gasteiger partial charge in [0.05, 0.1) is 0 Å². The molecule has 5 nitrogen and oxygen atoms in total. The van der Waals surface area contributed by atoms with Crippen molar-refractivity contribution in [1.82, 2.24) is 15.6 Å². The first kappa shape index (κ1) is 22.0. The number of hydrogen-bond acceptors (Lipinski definition) is 3. The van der Waals surface area contributed by atoms with Crippen LogP contribution in [0.25, 0.3) is 0 Å². The van der Waals surface area contributed by atoms with Gasteiger partial charge in [-0.25, -0.2) is 4.98 Å². The monoisotopic (exact) mass is 459 g/mol. The smallest absolute Gasteiger partial charge is 0.191 e. The van der Waals surface area contributed by atoms with Crippen LogP contribution in [-0.2, 0) is 6.54 Å². The summed E-state index contributed by atoms with van der Waals surface area (Å²) in [6.45, 7) is 4.10. The molecular formula is C19H34IN5. The lowest BCUT2D eigenvalue weighted by atomic mass is 9.81. The van der Waals surface area contributed by atoms with Crippen molar-refractivity contribution in [2.75, 3.05) is 32.6 Å². The lowest BCUT2D eigenvalue weighted by molar-refractivity contribution is 0.270. The fraction of sp³-hybridized carbons (Fsp3) is 0.684. The van der Waals surface area contributed by atoms with Crippen molar-refractivity contribution in [3.63, 3.8) is 0 Å². The standard InChI is InChI=1S/C19H33N5.HI/c1-15-7-5-8-16(13-15)10-12-22-19(20-2)23-14-17-9-6-11-21-18(17)24(3)4;/h6,9,11,15-16H,5,7-8,10,12-14H2,1-4H3,(H2,20,22,23);1H. The summed E-state index contributed by atoms with van der Waals surface area (Å²) < 4.78 is 0. The van der Waals surface area contributed by atoms with E-state index in [1.807, 2.05) is 38.3 Å². The van der Waals surface area contributed by atoms with Crippen LogP contribution in [0.3, 0.4) is 0 Å². The predicted molar refractivity (Wildman–Crippen MR) is 118 cm³/mol. The number of hydrogen-bond donors (Lipinski definition) is 2. The fourth-order valence-electron chi connectivity index (χ4n) is 3.59. The second-order valence-corrected chi connectivity index (χ2v) is 7.16. The summed E-state index contributed by atoms with van der Waals surface area (Å²) in [5.41, 5.74) is 1.17. The SMILES string of the molecule is CN=C(NCCC1CCCC(C)C1)NCc1cccnc1N(C)C.I. The highest BCUT2D eigenvalue weighted by Gasteiger charge is 2.18. The van der Waals surface area contributed by atoms with Crippen molar-refractivity contribution in [3.8, 4) is 0 Å². The van der Waals surface area contributed by atoms with E-state index in [-0.39, 0.29) is 24.0 Å².